The van der Waals surface area contributed by atoms with E-state index >= 15 is 0 Å². The predicted octanol–water partition coefficient (Wildman–Crippen LogP) is 4.63. The summed E-state index contributed by atoms with van der Waals surface area (Å²) >= 11 is 12.1. The maximum atomic E-state index is 12.5. The van der Waals surface area contributed by atoms with E-state index < -0.39 is 5.91 Å². The number of anilines is 1. The molecule has 0 aliphatic carbocycles. The smallest absolute Gasteiger partial charge is 0.258 e. The molecule has 3 rings (SSSR count). The summed E-state index contributed by atoms with van der Waals surface area (Å²) in [4.78, 5) is 16.9. The number of aromatic nitrogens is 2. The van der Waals surface area contributed by atoms with Gasteiger partial charge in [-0.25, -0.2) is 4.98 Å². The highest BCUT2D eigenvalue weighted by atomic mass is 35.5. The number of hydrogen-bond donors (Lipinski definition) is 1. The molecule has 0 radical (unpaired) electrons. The standard InChI is InChI=1S/C16H13Cl2N3O2.ClH/c1-9-16(23-2)21-8-4-7-12(14(21)19-9)20-15(22)13-10(17)5-3-6-11(13)18;/h3-8H,1-2H3,(H,20,22);1H. The number of nitrogens with zero attached hydrogens (tertiary/aromatic N) is 2. The molecule has 1 aromatic carbocycles. The zero-order valence-corrected chi connectivity index (χ0v) is 15.2. The van der Waals surface area contributed by atoms with Gasteiger partial charge in [0, 0.05) is 6.20 Å². The lowest BCUT2D eigenvalue weighted by atomic mass is 10.2. The highest BCUT2D eigenvalue weighted by molar-refractivity contribution is 6.40. The number of hydrogen-bond acceptors (Lipinski definition) is 3. The number of carbonyl (C=O) groups is 1. The molecule has 0 spiro atoms. The van der Waals surface area contributed by atoms with Gasteiger partial charge in [-0.15, -0.1) is 12.4 Å². The molecule has 5 nitrogen and oxygen atoms in total. The average molecular weight is 387 g/mol. The fourth-order valence-electron chi connectivity index (χ4n) is 2.40. The van der Waals surface area contributed by atoms with Crippen molar-refractivity contribution in [2.24, 2.45) is 0 Å². The van der Waals surface area contributed by atoms with E-state index in [0.717, 1.165) is 5.69 Å². The lowest BCUT2D eigenvalue weighted by molar-refractivity contribution is 0.102. The van der Waals surface area contributed by atoms with Crippen LogP contribution in [0.4, 0.5) is 5.69 Å². The number of fused-ring (bicyclic) bond motifs is 1. The predicted molar refractivity (Wildman–Crippen MR) is 98.1 cm³/mol. The van der Waals surface area contributed by atoms with Crippen molar-refractivity contribution in [2.75, 3.05) is 12.4 Å². The van der Waals surface area contributed by atoms with Crippen LogP contribution in [-0.4, -0.2) is 22.4 Å². The van der Waals surface area contributed by atoms with Crippen LogP contribution in [0.5, 0.6) is 5.88 Å². The Balaban J connectivity index is 0.00000208. The molecule has 8 heteroatoms. The van der Waals surface area contributed by atoms with E-state index in [4.69, 9.17) is 27.9 Å². The van der Waals surface area contributed by atoms with Crippen LogP contribution in [0, 0.1) is 6.92 Å². The number of amides is 1. The topological polar surface area (TPSA) is 55.6 Å². The van der Waals surface area contributed by atoms with Crippen LogP contribution < -0.4 is 10.1 Å². The third-order valence-corrected chi connectivity index (χ3v) is 4.03. The molecule has 0 saturated carbocycles. The fourth-order valence-corrected chi connectivity index (χ4v) is 2.97. The maximum Gasteiger partial charge on any atom is 0.258 e. The van der Waals surface area contributed by atoms with Crippen LogP contribution in [-0.2, 0) is 0 Å². The van der Waals surface area contributed by atoms with Crippen LogP contribution in [0.1, 0.15) is 16.1 Å². The highest BCUT2D eigenvalue weighted by Gasteiger charge is 2.18. The molecule has 2 heterocycles. The Morgan fingerprint density at radius 2 is 1.88 bits per heavy atom. The monoisotopic (exact) mass is 385 g/mol. The summed E-state index contributed by atoms with van der Waals surface area (Å²) in [5, 5.41) is 3.38. The first-order valence-corrected chi connectivity index (χ1v) is 7.55. The van der Waals surface area contributed by atoms with E-state index in [0.29, 0.717) is 27.3 Å². The lowest BCUT2D eigenvalue weighted by Crippen LogP contribution is -2.14. The second kappa shape index (κ2) is 7.30. The maximum absolute atomic E-state index is 12.5. The van der Waals surface area contributed by atoms with Crippen molar-refractivity contribution in [1.82, 2.24) is 9.38 Å². The zero-order chi connectivity index (χ0) is 16.6. The number of halogens is 3. The van der Waals surface area contributed by atoms with Crippen molar-refractivity contribution in [3.8, 4) is 5.88 Å². The van der Waals surface area contributed by atoms with Gasteiger partial charge in [-0.3, -0.25) is 9.20 Å². The Labute approximate surface area is 155 Å². The van der Waals surface area contributed by atoms with Crippen LogP contribution in [0.15, 0.2) is 36.5 Å². The third kappa shape index (κ3) is 3.15. The normalized spacial score (nSPS) is 10.3. The minimum absolute atomic E-state index is 0. The third-order valence-electron chi connectivity index (χ3n) is 3.40. The summed E-state index contributed by atoms with van der Waals surface area (Å²) in [5.41, 5.74) is 2.08. The van der Waals surface area contributed by atoms with Gasteiger partial charge in [-0.05, 0) is 31.2 Å². The lowest BCUT2D eigenvalue weighted by Gasteiger charge is -2.09. The van der Waals surface area contributed by atoms with E-state index in [1.54, 1.807) is 41.8 Å². The van der Waals surface area contributed by atoms with Crippen molar-refractivity contribution in [2.45, 2.75) is 6.92 Å². The number of imidazole rings is 1. The molecule has 0 atom stereocenters. The Hall–Kier alpha value is -1.95. The molecule has 1 N–H and O–H groups in total. The fraction of sp³-hybridized carbons (Fsp3) is 0.125. The minimum Gasteiger partial charge on any atom is -0.481 e. The van der Waals surface area contributed by atoms with Gasteiger partial charge in [0.1, 0.15) is 5.69 Å². The van der Waals surface area contributed by atoms with Crippen molar-refractivity contribution in [3.63, 3.8) is 0 Å². The number of pyridine rings is 1. The first-order chi connectivity index (χ1) is 11.0. The van der Waals surface area contributed by atoms with Crippen molar-refractivity contribution >= 4 is 52.9 Å². The molecule has 0 aliphatic heterocycles. The summed E-state index contributed by atoms with van der Waals surface area (Å²) < 4.78 is 7.09. The Morgan fingerprint density at radius 3 is 2.50 bits per heavy atom. The van der Waals surface area contributed by atoms with E-state index in [-0.39, 0.29) is 18.0 Å². The largest absolute Gasteiger partial charge is 0.481 e. The number of rotatable bonds is 3. The number of carbonyl (C=O) groups excluding carboxylic acids is 1. The summed E-state index contributed by atoms with van der Waals surface area (Å²) in [6.07, 6.45) is 1.81. The van der Waals surface area contributed by atoms with E-state index in [2.05, 4.69) is 10.3 Å². The van der Waals surface area contributed by atoms with Crippen molar-refractivity contribution < 1.29 is 9.53 Å². The molecule has 0 bridgehead atoms. The minimum atomic E-state index is -0.395. The highest BCUT2D eigenvalue weighted by Crippen LogP contribution is 2.28. The number of nitrogens with one attached hydrogen (secondary N) is 1. The number of benzene rings is 1. The van der Waals surface area contributed by atoms with Crippen LogP contribution in [0.3, 0.4) is 0 Å². The molecule has 1 amide bonds. The molecular weight excluding hydrogens is 373 g/mol. The Morgan fingerprint density at radius 1 is 1.21 bits per heavy atom. The molecule has 0 fully saturated rings. The Bertz CT molecular complexity index is 889. The molecule has 0 unspecified atom stereocenters. The summed E-state index contributed by atoms with van der Waals surface area (Å²) in [6.45, 7) is 1.84. The second-order valence-electron chi connectivity index (χ2n) is 4.87. The number of methoxy groups -OCH3 is 1. The van der Waals surface area contributed by atoms with E-state index in [1.807, 2.05) is 13.1 Å². The van der Waals surface area contributed by atoms with Gasteiger partial charge >= 0.3 is 0 Å². The molecule has 126 valence electrons. The van der Waals surface area contributed by atoms with Crippen LogP contribution in [0.25, 0.3) is 5.65 Å². The number of ether oxygens (including phenoxy) is 1. The van der Waals surface area contributed by atoms with E-state index in [9.17, 15) is 4.79 Å². The van der Waals surface area contributed by atoms with Crippen molar-refractivity contribution in [3.05, 3.63) is 57.8 Å². The van der Waals surface area contributed by atoms with Gasteiger partial charge in [0.15, 0.2) is 5.65 Å². The van der Waals surface area contributed by atoms with Crippen LogP contribution >= 0.6 is 35.6 Å². The quantitative estimate of drug-likeness (QED) is 0.714. The Kier molecular flexibility index (Phi) is 5.59. The van der Waals surface area contributed by atoms with Crippen molar-refractivity contribution in [1.29, 1.82) is 0 Å². The molecule has 2 aromatic heterocycles. The first kappa shape index (κ1) is 18.4. The van der Waals surface area contributed by atoms with Gasteiger partial charge < -0.3 is 10.1 Å². The molecule has 0 aliphatic rings. The van der Waals surface area contributed by atoms with Crippen LogP contribution in [0.2, 0.25) is 10.0 Å². The summed E-state index contributed by atoms with van der Waals surface area (Å²) in [5.74, 6) is 0.222. The average Bonchev–Trinajstić information content (AvgIpc) is 2.83. The van der Waals surface area contributed by atoms with Gasteiger partial charge in [-0.2, -0.15) is 0 Å². The zero-order valence-electron chi connectivity index (χ0n) is 12.8. The molecule has 24 heavy (non-hydrogen) atoms. The molecule has 3 aromatic rings. The van der Waals surface area contributed by atoms with Gasteiger partial charge in [0.25, 0.3) is 5.91 Å². The van der Waals surface area contributed by atoms with Gasteiger partial charge in [0.2, 0.25) is 5.88 Å². The summed E-state index contributed by atoms with van der Waals surface area (Å²) in [7, 11) is 1.57. The number of aryl methyl sites for hydroxylation is 1. The SMILES string of the molecule is COc1c(C)nc2c(NC(=O)c3c(Cl)cccc3Cl)cccn12.Cl. The van der Waals surface area contributed by atoms with Gasteiger partial charge in [0.05, 0.1) is 28.4 Å². The van der Waals surface area contributed by atoms with Gasteiger partial charge in [-0.1, -0.05) is 29.3 Å². The molecular formula is C16H14Cl3N3O2. The summed E-state index contributed by atoms with van der Waals surface area (Å²) in [6, 6.07) is 8.46. The second-order valence-corrected chi connectivity index (χ2v) is 5.69. The first-order valence-electron chi connectivity index (χ1n) is 6.80. The van der Waals surface area contributed by atoms with E-state index in [1.165, 1.54) is 0 Å². The molecule has 0 saturated heterocycles.